The molecule has 0 aromatic heterocycles. The Kier molecular flexibility index (Phi) is 3.57. The van der Waals surface area contributed by atoms with Gasteiger partial charge >= 0.3 is 0 Å². The summed E-state index contributed by atoms with van der Waals surface area (Å²) in [5.74, 6) is 0.657. The van der Waals surface area contributed by atoms with Crippen molar-refractivity contribution in [3.63, 3.8) is 0 Å². The Hall–Kier alpha value is -2.05. The number of benzene rings is 2. The van der Waals surface area contributed by atoms with E-state index in [1.165, 1.54) is 0 Å². The first-order chi connectivity index (χ1) is 10.0. The Bertz CT molecular complexity index is 742. The lowest BCUT2D eigenvalue weighted by Gasteiger charge is -2.12. The minimum absolute atomic E-state index is 0.0774. The number of hydrogen-bond acceptors (Lipinski definition) is 4. The van der Waals surface area contributed by atoms with Crippen LogP contribution in [0, 0.1) is 0 Å². The molecule has 6 heteroatoms. The van der Waals surface area contributed by atoms with Gasteiger partial charge in [0.1, 0.15) is 12.4 Å². The van der Waals surface area contributed by atoms with Crippen molar-refractivity contribution in [3.8, 4) is 5.75 Å². The predicted molar refractivity (Wildman–Crippen MR) is 81.3 cm³/mol. The second kappa shape index (κ2) is 5.38. The highest BCUT2D eigenvalue weighted by molar-refractivity contribution is 7.88. The Morgan fingerprint density at radius 3 is 2.62 bits per heavy atom. The van der Waals surface area contributed by atoms with Gasteiger partial charge in [0.05, 0.1) is 11.8 Å². The van der Waals surface area contributed by atoms with Gasteiger partial charge in [-0.05, 0) is 23.8 Å². The average molecular weight is 304 g/mol. The molecule has 1 atom stereocenters. The number of fused-ring (bicyclic) bond motifs is 1. The summed E-state index contributed by atoms with van der Waals surface area (Å²) in [4.78, 5) is 0. The van der Waals surface area contributed by atoms with E-state index in [0.29, 0.717) is 17.9 Å². The summed E-state index contributed by atoms with van der Waals surface area (Å²) in [5, 5.41) is 0. The molecule has 2 aromatic carbocycles. The van der Waals surface area contributed by atoms with E-state index in [9.17, 15) is 8.42 Å². The third-order valence-corrected chi connectivity index (χ3v) is 4.72. The summed E-state index contributed by atoms with van der Waals surface area (Å²) in [6, 6.07) is 13.9. The van der Waals surface area contributed by atoms with Gasteiger partial charge in [-0.15, -0.1) is 0 Å². The summed E-state index contributed by atoms with van der Waals surface area (Å²) in [7, 11) is -3.44. The van der Waals surface area contributed by atoms with Gasteiger partial charge in [-0.1, -0.05) is 30.3 Å². The molecule has 5 nitrogen and oxygen atoms in total. The van der Waals surface area contributed by atoms with Crippen LogP contribution < -0.4 is 15.2 Å². The zero-order chi connectivity index (χ0) is 14.9. The lowest BCUT2D eigenvalue weighted by molar-refractivity contribution is 0.325. The van der Waals surface area contributed by atoms with Crippen LogP contribution >= 0.6 is 0 Å². The highest BCUT2D eigenvalue weighted by atomic mass is 32.2. The van der Waals surface area contributed by atoms with Gasteiger partial charge in [0.25, 0.3) is 0 Å². The quantitative estimate of drug-likeness (QED) is 0.844. The molecule has 3 N–H and O–H groups in total. The van der Waals surface area contributed by atoms with Crippen LogP contribution in [0.3, 0.4) is 0 Å². The average Bonchev–Trinajstić information content (AvgIpc) is 2.84. The lowest BCUT2D eigenvalue weighted by Crippen LogP contribution is -2.30. The molecule has 1 heterocycles. The van der Waals surface area contributed by atoms with E-state index < -0.39 is 10.0 Å². The molecule has 0 fully saturated rings. The fourth-order valence-electron chi connectivity index (χ4n) is 2.35. The number of nitrogens with one attached hydrogen (secondary N) is 1. The minimum atomic E-state index is -3.44. The Morgan fingerprint density at radius 1 is 1.14 bits per heavy atom. The minimum Gasteiger partial charge on any atom is -0.491 e. The predicted octanol–water partition coefficient (Wildman–Crippen LogP) is 1.82. The maximum atomic E-state index is 12.3. The first-order valence-electron chi connectivity index (χ1n) is 6.60. The monoisotopic (exact) mass is 304 g/mol. The normalized spacial score (nSPS) is 17.2. The summed E-state index contributed by atoms with van der Waals surface area (Å²) in [5.41, 5.74) is 7.78. The summed E-state index contributed by atoms with van der Waals surface area (Å²) < 4.78 is 32.7. The lowest BCUT2D eigenvalue weighted by atomic mass is 10.1. The largest absolute Gasteiger partial charge is 0.491 e. The van der Waals surface area contributed by atoms with Gasteiger partial charge in [-0.2, -0.15) is 0 Å². The number of sulfonamides is 1. The number of rotatable bonds is 4. The number of para-hydroxylation sites is 1. The third-order valence-electron chi connectivity index (χ3n) is 3.36. The summed E-state index contributed by atoms with van der Waals surface area (Å²) >= 11 is 0. The van der Waals surface area contributed by atoms with Crippen molar-refractivity contribution in [1.82, 2.24) is 4.72 Å². The number of anilines is 1. The van der Waals surface area contributed by atoms with E-state index in [2.05, 4.69) is 4.72 Å². The van der Waals surface area contributed by atoms with E-state index in [0.717, 1.165) is 11.3 Å². The van der Waals surface area contributed by atoms with Gasteiger partial charge < -0.3 is 10.5 Å². The maximum absolute atomic E-state index is 12.3. The van der Waals surface area contributed by atoms with Crippen LogP contribution in [0.1, 0.15) is 17.2 Å². The Labute approximate surface area is 123 Å². The van der Waals surface area contributed by atoms with E-state index in [1.54, 1.807) is 24.3 Å². The summed E-state index contributed by atoms with van der Waals surface area (Å²) in [6.07, 6.45) is 0. The van der Waals surface area contributed by atoms with Crippen molar-refractivity contribution < 1.29 is 13.2 Å². The molecular formula is C15H16N2O3S. The van der Waals surface area contributed by atoms with Crippen molar-refractivity contribution in [1.29, 1.82) is 0 Å². The number of nitrogen functional groups attached to an aromatic ring is 1. The molecule has 0 spiro atoms. The molecule has 1 aliphatic rings. The fourth-order valence-corrected chi connectivity index (χ4v) is 3.70. The molecule has 1 unspecified atom stereocenters. The van der Waals surface area contributed by atoms with E-state index in [1.807, 2.05) is 24.3 Å². The van der Waals surface area contributed by atoms with Gasteiger partial charge in [0, 0.05) is 11.3 Å². The smallest absolute Gasteiger partial charge is 0.216 e. The number of nitrogens with two attached hydrogens (primary N) is 1. The van der Waals surface area contributed by atoms with Crippen molar-refractivity contribution in [3.05, 3.63) is 59.7 Å². The molecule has 0 radical (unpaired) electrons. The van der Waals surface area contributed by atoms with Crippen molar-refractivity contribution in [2.24, 2.45) is 0 Å². The zero-order valence-electron chi connectivity index (χ0n) is 11.3. The number of hydrogen-bond donors (Lipinski definition) is 2. The van der Waals surface area contributed by atoms with Crippen molar-refractivity contribution in [2.45, 2.75) is 11.8 Å². The maximum Gasteiger partial charge on any atom is 0.216 e. The molecule has 0 saturated carbocycles. The molecular weight excluding hydrogens is 288 g/mol. The van der Waals surface area contributed by atoms with Crippen LogP contribution in [0.2, 0.25) is 0 Å². The van der Waals surface area contributed by atoms with Gasteiger partial charge in [-0.25, -0.2) is 13.1 Å². The topological polar surface area (TPSA) is 81.4 Å². The van der Waals surface area contributed by atoms with Crippen LogP contribution in [0.5, 0.6) is 5.75 Å². The van der Waals surface area contributed by atoms with Crippen LogP contribution in [-0.2, 0) is 15.8 Å². The second-order valence-electron chi connectivity index (χ2n) is 5.02. The first kappa shape index (κ1) is 13.9. The van der Waals surface area contributed by atoms with Crippen LogP contribution in [-0.4, -0.2) is 15.0 Å². The highest BCUT2D eigenvalue weighted by Crippen LogP contribution is 2.32. The van der Waals surface area contributed by atoms with Crippen LogP contribution in [0.4, 0.5) is 5.69 Å². The van der Waals surface area contributed by atoms with Crippen molar-refractivity contribution >= 4 is 15.7 Å². The fraction of sp³-hybridized carbons (Fsp3) is 0.200. The van der Waals surface area contributed by atoms with E-state index in [4.69, 9.17) is 10.5 Å². The molecule has 0 amide bonds. The molecule has 110 valence electrons. The van der Waals surface area contributed by atoms with Crippen molar-refractivity contribution in [2.75, 3.05) is 12.3 Å². The van der Waals surface area contributed by atoms with Gasteiger partial charge in [0.15, 0.2) is 0 Å². The first-order valence-corrected chi connectivity index (χ1v) is 8.25. The van der Waals surface area contributed by atoms with E-state index >= 15 is 0 Å². The summed E-state index contributed by atoms with van der Waals surface area (Å²) in [6.45, 7) is 0.320. The van der Waals surface area contributed by atoms with Crippen LogP contribution in [0.25, 0.3) is 0 Å². The molecule has 3 rings (SSSR count). The standard InChI is InChI=1S/C15H16N2O3S/c16-12-7-5-11(6-8-12)10-21(18,19)17-14-9-20-15-4-2-1-3-13(14)15/h1-8,14,17H,9-10,16H2. The third kappa shape index (κ3) is 3.17. The molecule has 21 heavy (non-hydrogen) atoms. The molecule has 0 bridgehead atoms. The molecule has 0 saturated heterocycles. The highest BCUT2D eigenvalue weighted by Gasteiger charge is 2.27. The number of ether oxygens (including phenoxy) is 1. The van der Waals surface area contributed by atoms with Gasteiger partial charge in [-0.3, -0.25) is 0 Å². The molecule has 1 aliphatic heterocycles. The SMILES string of the molecule is Nc1ccc(CS(=O)(=O)NC2COc3ccccc32)cc1. The second-order valence-corrected chi connectivity index (χ2v) is 6.77. The zero-order valence-corrected chi connectivity index (χ0v) is 12.1. The Balaban J connectivity index is 1.74. The van der Waals surface area contributed by atoms with Crippen LogP contribution in [0.15, 0.2) is 48.5 Å². The van der Waals surface area contributed by atoms with E-state index in [-0.39, 0.29) is 11.8 Å². The Morgan fingerprint density at radius 2 is 1.86 bits per heavy atom. The van der Waals surface area contributed by atoms with Gasteiger partial charge in [0.2, 0.25) is 10.0 Å². The molecule has 2 aromatic rings. The molecule has 0 aliphatic carbocycles.